The molecule has 5 heteroatoms. The highest BCUT2D eigenvalue weighted by Gasteiger charge is 2.28. The molecule has 1 amide bonds. The fraction of sp³-hybridized carbons (Fsp3) is 0.417. The van der Waals surface area contributed by atoms with Gasteiger partial charge in [0.25, 0.3) is 5.91 Å². The van der Waals surface area contributed by atoms with Crippen molar-refractivity contribution in [3.05, 3.63) is 32.4 Å². The average Bonchev–Trinajstić information content (AvgIpc) is 2.30. The van der Waals surface area contributed by atoms with Gasteiger partial charge in [-0.25, -0.2) is 0 Å². The van der Waals surface area contributed by atoms with Crippen LogP contribution in [0.2, 0.25) is 5.02 Å². The van der Waals surface area contributed by atoms with E-state index in [0.717, 1.165) is 3.57 Å². The molecule has 0 saturated heterocycles. The number of carbonyl (C=O) groups excluding carboxylic acids is 1. The molecule has 1 aromatic rings. The Morgan fingerprint density at radius 1 is 1.53 bits per heavy atom. The fourth-order valence-corrected chi connectivity index (χ4v) is 1.96. The Kier molecular flexibility index (Phi) is 4.80. The highest BCUT2D eigenvalue weighted by Crippen LogP contribution is 2.22. The maximum absolute atomic E-state index is 12.3. The Labute approximate surface area is 120 Å². The number of hydrogen-bond donors (Lipinski definition) is 1. The largest absolute Gasteiger partial charge is 0.394 e. The molecule has 94 valence electrons. The van der Waals surface area contributed by atoms with Crippen LogP contribution in [0.3, 0.4) is 0 Å². The van der Waals surface area contributed by atoms with Crippen LogP contribution in [0, 0.1) is 3.57 Å². The number of nitrogens with zero attached hydrogens (tertiary/aromatic N) is 1. The van der Waals surface area contributed by atoms with Crippen molar-refractivity contribution in [2.24, 2.45) is 0 Å². The molecule has 0 bridgehead atoms. The summed E-state index contributed by atoms with van der Waals surface area (Å²) in [6.07, 6.45) is 0. The molecule has 0 unspecified atom stereocenters. The van der Waals surface area contributed by atoms with Gasteiger partial charge in [-0.1, -0.05) is 11.6 Å². The highest BCUT2D eigenvalue weighted by atomic mass is 127. The normalized spacial score (nSPS) is 11.4. The van der Waals surface area contributed by atoms with Crippen LogP contribution >= 0.6 is 34.2 Å². The summed E-state index contributed by atoms with van der Waals surface area (Å²) in [5.41, 5.74) is -0.0372. The van der Waals surface area contributed by atoms with Crippen molar-refractivity contribution in [2.45, 2.75) is 19.4 Å². The molecule has 0 atom stereocenters. The Hall–Kier alpha value is -0.330. The van der Waals surface area contributed by atoms with Gasteiger partial charge in [-0.3, -0.25) is 4.79 Å². The summed E-state index contributed by atoms with van der Waals surface area (Å²) in [5.74, 6) is -0.143. The minimum Gasteiger partial charge on any atom is -0.394 e. The van der Waals surface area contributed by atoms with E-state index in [9.17, 15) is 9.90 Å². The zero-order chi connectivity index (χ0) is 13.2. The zero-order valence-corrected chi connectivity index (χ0v) is 12.9. The standard InChI is InChI=1S/C12H15ClINO2/c1-12(2,7-16)15(3)11(17)9-6-8(13)4-5-10(9)14/h4-6,16H,7H2,1-3H3. The van der Waals surface area contributed by atoms with Crippen molar-refractivity contribution in [2.75, 3.05) is 13.7 Å². The Balaban J connectivity index is 3.08. The fourth-order valence-electron chi connectivity index (χ4n) is 1.22. The summed E-state index contributed by atoms with van der Waals surface area (Å²) in [5, 5.41) is 9.79. The maximum Gasteiger partial charge on any atom is 0.255 e. The van der Waals surface area contributed by atoms with Gasteiger partial charge in [0.15, 0.2) is 0 Å². The van der Waals surface area contributed by atoms with Gasteiger partial charge in [-0.2, -0.15) is 0 Å². The number of halogens is 2. The summed E-state index contributed by atoms with van der Waals surface area (Å²) in [6, 6.07) is 5.20. The van der Waals surface area contributed by atoms with Gasteiger partial charge >= 0.3 is 0 Å². The van der Waals surface area contributed by atoms with Crippen molar-refractivity contribution >= 4 is 40.1 Å². The van der Waals surface area contributed by atoms with Crippen LogP contribution < -0.4 is 0 Å². The zero-order valence-electron chi connectivity index (χ0n) is 10.00. The lowest BCUT2D eigenvalue weighted by atomic mass is 10.0. The first-order chi connectivity index (χ1) is 7.79. The predicted molar refractivity (Wildman–Crippen MR) is 77.4 cm³/mol. The third-order valence-electron chi connectivity index (χ3n) is 2.76. The summed E-state index contributed by atoms with van der Waals surface area (Å²) in [4.78, 5) is 13.8. The number of amides is 1. The molecule has 0 radical (unpaired) electrons. The summed E-state index contributed by atoms with van der Waals surface area (Å²) in [7, 11) is 1.68. The number of carbonyl (C=O) groups is 1. The van der Waals surface area contributed by atoms with Crippen LogP contribution in [0.1, 0.15) is 24.2 Å². The van der Waals surface area contributed by atoms with Crippen LogP contribution in [0.5, 0.6) is 0 Å². The Morgan fingerprint density at radius 2 is 2.12 bits per heavy atom. The summed E-state index contributed by atoms with van der Waals surface area (Å²) in [6.45, 7) is 3.52. The van der Waals surface area contributed by atoms with Crippen molar-refractivity contribution in [3.8, 4) is 0 Å². The molecule has 0 aliphatic heterocycles. The lowest BCUT2D eigenvalue weighted by molar-refractivity contribution is 0.0472. The molecule has 0 aliphatic rings. The quantitative estimate of drug-likeness (QED) is 0.835. The lowest BCUT2D eigenvalue weighted by Crippen LogP contribution is -2.47. The Bertz CT molecular complexity index is 435. The second-order valence-electron chi connectivity index (χ2n) is 4.46. The van der Waals surface area contributed by atoms with Crippen LogP contribution in [0.15, 0.2) is 18.2 Å². The maximum atomic E-state index is 12.3. The third-order valence-corrected chi connectivity index (χ3v) is 3.93. The molecule has 0 fully saturated rings. The molecule has 1 N–H and O–H groups in total. The van der Waals surface area contributed by atoms with E-state index in [-0.39, 0.29) is 12.5 Å². The van der Waals surface area contributed by atoms with Gasteiger partial charge in [0, 0.05) is 15.6 Å². The topological polar surface area (TPSA) is 40.5 Å². The van der Waals surface area contributed by atoms with E-state index in [1.165, 1.54) is 4.90 Å². The van der Waals surface area contributed by atoms with Gasteiger partial charge in [-0.05, 0) is 54.6 Å². The van der Waals surface area contributed by atoms with Crippen LogP contribution in [-0.4, -0.2) is 35.1 Å². The molecule has 0 spiro atoms. The predicted octanol–water partition coefficient (Wildman–Crippen LogP) is 2.79. The summed E-state index contributed by atoms with van der Waals surface area (Å²) < 4.78 is 0.845. The SMILES string of the molecule is CN(C(=O)c1cc(Cl)ccc1I)C(C)(C)CO. The van der Waals surface area contributed by atoms with Gasteiger partial charge in [0.05, 0.1) is 17.7 Å². The first-order valence-corrected chi connectivity index (χ1v) is 6.59. The number of rotatable bonds is 3. The minimum atomic E-state index is -0.595. The van der Waals surface area contributed by atoms with Crippen molar-refractivity contribution in [3.63, 3.8) is 0 Å². The number of aliphatic hydroxyl groups excluding tert-OH is 1. The Morgan fingerprint density at radius 3 is 2.65 bits per heavy atom. The molecule has 0 heterocycles. The molecule has 1 rings (SSSR count). The average molecular weight is 368 g/mol. The van der Waals surface area contributed by atoms with E-state index >= 15 is 0 Å². The second-order valence-corrected chi connectivity index (χ2v) is 6.06. The first-order valence-electron chi connectivity index (χ1n) is 5.13. The van der Waals surface area contributed by atoms with Crippen LogP contribution in [0.25, 0.3) is 0 Å². The van der Waals surface area contributed by atoms with E-state index in [1.54, 1.807) is 25.2 Å². The summed E-state index contributed by atoms with van der Waals surface area (Å²) >= 11 is 7.99. The van der Waals surface area contributed by atoms with E-state index < -0.39 is 5.54 Å². The number of hydrogen-bond acceptors (Lipinski definition) is 2. The monoisotopic (exact) mass is 367 g/mol. The number of aliphatic hydroxyl groups is 1. The van der Waals surface area contributed by atoms with Crippen LogP contribution in [-0.2, 0) is 0 Å². The van der Waals surface area contributed by atoms with Crippen molar-refractivity contribution in [1.82, 2.24) is 4.90 Å². The molecule has 3 nitrogen and oxygen atoms in total. The molecule has 1 aromatic carbocycles. The van der Waals surface area contributed by atoms with E-state index in [4.69, 9.17) is 11.6 Å². The first kappa shape index (κ1) is 14.7. The molecule has 0 saturated carbocycles. The minimum absolute atomic E-state index is 0.0909. The van der Waals surface area contributed by atoms with Gasteiger partial charge in [-0.15, -0.1) is 0 Å². The molecule has 0 aliphatic carbocycles. The van der Waals surface area contributed by atoms with Crippen LogP contribution in [0.4, 0.5) is 0 Å². The van der Waals surface area contributed by atoms with Gasteiger partial charge < -0.3 is 10.0 Å². The van der Waals surface area contributed by atoms with Gasteiger partial charge in [0.1, 0.15) is 0 Å². The van der Waals surface area contributed by atoms with Crippen molar-refractivity contribution in [1.29, 1.82) is 0 Å². The van der Waals surface area contributed by atoms with E-state index in [2.05, 4.69) is 22.6 Å². The number of likely N-dealkylation sites (N-methyl/N-ethyl adjacent to an activating group) is 1. The van der Waals surface area contributed by atoms with E-state index in [0.29, 0.717) is 10.6 Å². The number of benzene rings is 1. The lowest BCUT2D eigenvalue weighted by Gasteiger charge is -2.34. The third kappa shape index (κ3) is 3.33. The van der Waals surface area contributed by atoms with Gasteiger partial charge in [0.2, 0.25) is 0 Å². The second kappa shape index (κ2) is 5.54. The van der Waals surface area contributed by atoms with Crippen molar-refractivity contribution < 1.29 is 9.90 Å². The molecular formula is C12H15ClINO2. The molecular weight excluding hydrogens is 352 g/mol. The highest BCUT2D eigenvalue weighted by molar-refractivity contribution is 14.1. The molecule has 0 aromatic heterocycles. The van der Waals surface area contributed by atoms with E-state index in [1.807, 2.05) is 13.8 Å². The smallest absolute Gasteiger partial charge is 0.255 e. The molecule has 17 heavy (non-hydrogen) atoms.